The van der Waals surface area contributed by atoms with Crippen molar-refractivity contribution in [3.63, 3.8) is 0 Å². The number of hydrogen-bond donors (Lipinski definition) is 0. The number of benzene rings is 2. The van der Waals surface area contributed by atoms with Gasteiger partial charge in [0.05, 0.1) is 0 Å². The van der Waals surface area contributed by atoms with Crippen molar-refractivity contribution < 1.29 is 30.0 Å². The second-order valence-electron chi connectivity index (χ2n) is 4.82. The highest BCUT2D eigenvalue weighted by Crippen LogP contribution is 2.27. The second kappa shape index (κ2) is 6.49. The minimum Gasteiger partial charge on any atom is -0.489 e. The fraction of sp³-hybridized carbons (Fsp3) is 0.200. The van der Waals surface area contributed by atoms with Crippen LogP contribution < -0.4 is 8.92 Å². The van der Waals surface area contributed by atoms with E-state index in [2.05, 4.69) is 4.18 Å². The van der Waals surface area contributed by atoms with Gasteiger partial charge in [-0.2, -0.15) is 8.42 Å². The lowest BCUT2D eigenvalue weighted by Gasteiger charge is -2.11. The molecule has 0 N–H and O–H groups in total. The van der Waals surface area contributed by atoms with E-state index in [1.54, 1.807) is 0 Å². The van der Waals surface area contributed by atoms with Gasteiger partial charge in [-0.05, 0) is 29.8 Å². The predicted molar refractivity (Wildman–Crippen MR) is 77.4 cm³/mol. The summed E-state index contributed by atoms with van der Waals surface area (Å²) in [5.41, 5.74) is 0.597. The first-order chi connectivity index (χ1) is 10.6. The second-order valence-corrected chi connectivity index (χ2v) is 5.77. The molecule has 2 aromatic rings. The van der Waals surface area contributed by atoms with Gasteiger partial charge in [0.25, 0.3) is 5.92 Å². The molecule has 2 rings (SSSR count). The molecule has 0 aliphatic heterocycles. The molecule has 4 nitrogen and oxygen atoms in total. The summed E-state index contributed by atoms with van der Waals surface area (Å²) in [5, 5.41) is 0. The molecule has 23 heavy (non-hydrogen) atoms. The van der Waals surface area contributed by atoms with E-state index in [1.165, 1.54) is 48.5 Å². The van der Waals surface area contributed by atoms with Gasteiger partial charge >= 0.3 is 10.5 Å². The molecular formula is C15H13F3O4S. The highest BCUT2D eigenvalue weighted by molar-refractivity contribution is 7.81. The fourth-order valence-corrected chi connectivity index (χ4v) is 2.11. The van der Waals surface area contributed by atoms with Crippen LogP contribution in [0.15, 0.2) is 48.5 Å². The molecule has 0 unspecified atom stereocenters. The fourth-order valence-electron chi connectivity index (χ4n) is 1.77. The van der Waals surface area contributed by atoms with Crippen LogP contribution in [0, 0.1) is 0 Å². The van der Waals surface area contributed by atoms with E-state index in [1.807, 2.05) is 0 Å². The van der Waals surface area contributed by atoms with Crippen molar-refractivity contribution in [1.29, 1.82) is 0 Å². The summed E-state index contributed by atoms with van der Waals surface area (Å²) in [6.07, 6.45) is 0. The third-order valence-corrected chi connectivity index (χ3v) is 3.28. The third kappa shape index (κ3) is 5.48. The van der Waals surface area contributed by atoms with Crippen molar-refractivity contribution in [2.75, 3.05) is 0 Å². The Morgan fingerprint density at radius 2 is 1.48 bits per heavy atom. The lowest BCUT2D eigenvalue weighted by atomic mass is 10.1. The molecule has 0 fully saturated rings. The molecule has 0 aliphatic carbocycles. The number of halogens is 3. The Kier molecular flexibility index (Phi) is 4.84. The Bertz CT molecular complexity index is 751. The van der Waals surface area contributed by atoms with Gasteiger partial charge in [0, 0.05) is 12.5 Å². The van der Waals surface area contributed by atoms with Crippen molar-refractivity contribution in [3.05, 3.63) is 59.7 Å². The average molecular weight is 346 g/mol. The zero-order valence-corrected chi connectivity index (χ0v) is 12.8. The Balaban J connectivity index is 1.96. The largest absolute Gasteiger partial charge is 0.489 e. The van der Waals surface area contributed by atoms with Crippen LogP contribution in [-0.4, -0.2) is 8.42 Å². The molecule has 0 saturated carbocycles. The van der Waals surface area contributed by atoms with Crippen LogP contribution in [0.4, 0.5) is 12.7 Å². The lowest BCUT2D eigenvalue weighted by Crippen LogP contribution is -2.07. The topological polar surface area (TPSA) is 52.6 Å². The summed E-state index contributed by atoms with van der Waals surface area (Å²) in [7, 11) is -5.06. The molecule has 124 valence electrons. The first-order valence-electron chi connectivity index (χ1n) is 6.48. The molecule has 0 atom stereocenters. The van der Waals surface area contributed by atoms with Crippen LogP contribution in [-0.2, 0) is 23.0 Å². The smallest absolute Gasteiger partial charge is 0.488 e. The monoisotopic (exact) mass is 346 g/mol. The van der Waals surface area contributed by atoms with Crippen molar-refractivity contribution in [2.45, 2.75) is 19.5 Å². The molecule has 2 aromatic carbocycles. The van der Waals surface area contributed by atoms with Crippen LogP contribution in [0.5, 0.6) is 11.5 Å². The number of hydrogen-bond acceptors (Lipinski definition) is 4. The summed E-state index contributed by atoms with van der Waals surface area (Å²) in [4.78, 5) is 0. The molecule has 0 saturated heterocycles. The van der Waals surface area contributed by atoms with E-state index in [4.69, 9.17) is 4.74 Å². The average Bonchev–Trinajstić information content (AvgIpc) is 2.44. The summed E-state index contributed by atoms with van der Waals surface area (Å²) < 4.78 is 68.6. The van der Waals surface area contributed by atoms with E-state index in [0.717, 1.165) is 6.92 Å². The summed E-state index contributed by atoms with van der Waals surface area (Å²) in [6.45, 7) is 0.955. The molecule has 0 bridgehead atoms. The van der Waals surface area contributed by atoms with E-state index in [0.29, 0.717) is 11.3 Å². The lowest BCUT2D eigenvalue weighted by molar-refractivity contribution is 0.0174. The summed E-state index contributed by atoms with van der Waals surface area (Å²) >= 11 is 0. The quantitative estimate of drug-likeness (QED) is 0.743. The normalized spacial score (nSPS) is 12.0. The first kappa shape index (κ1) is 17.1. The molecule has 0 spiro atoms. The summed E-state index contributed by atoms with van der Waals surface area (Å²) in [6, 6.07) is 11.0. The maximum absolute atomic E-state index is 13.1. The standard InChI is InChI=1S/C15H13F3O4S/c1-15(16,17)12-4-2-11(3-5-12)10-21-13-6-8-14(9-7-13)22-23(18,19)20/h2-9H,10H2,1H3. The van der Waals surface area contributed by atoms with Gasteiger partial charge in [0.1, 0.15) is 18.1 Å². The van der Waals surface area contributed by atoms with Gasteiger partial charge in [-0.15, -0.1) is 0 Å². The van der Waals surface area contributed by atoms with E-state index < -0.39 is 16.4 Å². The zero-order chi connectivity index (χ0) is 17.1. The van der Waals surface area contributed by atoms with Crippen molar-refractivity contribution in [1.82, 2.24) is 0 Å². The van der Waals surface area contributed by atoms with Crippen LogP contribution in [0.3, 0.4) is 0 Å². The van der Waals surface area contributed by atoms with E-state index >= 15 is 0 Å². The van der Waals surface area contributed by atoms with Gasteiger partial charge in [-0.3, -0.25) is 0 Å². The Morgan fingerprint density at radius 1 is 0.957 bits per heavy atom. The molecule has 0 heterocycles. The van der Waals surface area contributed by atoms with Crippen LogP contribution in [0.1, 0.15) is 18.1 Å². The van der Waals surface area contributed by atoms with Gasteiger partial charge in [0.15, 0.2) is 0 Å². The molecule has 8 heteroatoms. The van der Waals surface area contributed by atoms with E-state index in [9.17, 15) is 21.1 Å². The maximum atomic E-state index is 13.1. The van der Waals surface area contributed by atoms with Crippen molar-refractivity contribution in [3.8, 4) is 11.5 Å². The van der Waals surface area contributed by atoms with Crippen LogP contribution in [0.25, 0.3) is 0 Å². The zero-order valence-electron chi connectivity index (χ0n) is 12.0. The number of ether oxygens (including phenoxy) is 1. The summed E-state index contributed by atoms with van der Waals surface area (Å²) in [5.74, 6) is -2.70. The molecule has 0 radical (unpaired) electrons. The van der Waals surface area contributed by atoms with Gasteiger partial charge in [0.2, 0.25) is 0 Å². The predicted octanol–water partition coefficient (Wildman–Crippen LogP) is 3.97. The molecule has 0 amide bonds. The Morgan fingerprint density at radius 3 is 1.96 bits per heavy atom. The SMILES string of the molecule is CC(F)(F)c1ccc(COc2ccc(OS(=O)(=O)F)cc2)cc1. The Hall–Kier alpha value is -2.22. The molecule has 0 aromatic heterocycles. The van der Waals surface area contributed by atoms with Gasteiger partial charge < -0.3 is 8.92 Å². The highest BCUT2D eigenvalue weighted by Gasteiger charge is 2.23. The van der Waals surface area contributed by atoms with Crippen LogP contribution >= 0.6 is 0 Å². The number of alkyl halides is 2. The van der Waals surface area contributed by atoms with Crippen molar-refractivity contribution in [2.24, 2.45) is 0 Å². The minimum atomic E-state index is -5.06. The van der Waals surface area contributed by atoms with Crippen molar-refractivity contribution >= 4 is 10.5 Å². The highest BCUT2D eigenvalue weighted by atomic mass is 32.3. The minimum absolute atomic E-state index is 0.0878. The maximum Gasteiger partial charge on any atom is 0.488 e. The van der Waals surface area contributed by atoms with Crippen LogP contribution in [0.2, 0.25) is 0 Å². The van der Waals surface area contributed by atoms with Gasteiger partial charge in [-0.25, -0.2) is 8.78 Å². The first-order valence-corrected chi connectivity index (χ1v) is 7.78. The van der Waals surface area contributed by atoms with Gasteiger partial charge in [-0.1, -0.05) is 28.2 Å². The third-order valence-electron chi connectivity index (χ3n) is 2.89. The molecular weight excluding hydrogens is 333 g/mol. The number of rotatable bonds is 6. The molecule has 0 aliphatic rings. The van der Waals surface area contributed by atoms with E-state index in [-0.39, 0.29) is 17.9 Å². The Labute approximate surface area is 131 Å².